The van der Waals surface area contributed by atoms with Gasteiger partial charge in [-0.1, -0.05) is 19.8 Å². The van der Waals surface area contributed by atoms with Crippen LogP contribution in [-0.4, -0.2) is 44.5 Å². The van der Waals surface area contributed by atoms with E-state index in [1.54, 1.807) is 6.92 Å². The van der Waals surface area contributed by atoms with Crippen molar-refractivity contribution in [1.29, 1.82) is 0 Å². The fourth-order valence-electron chi connectivity index (χ4n) is 1.18. The number of nitrogens with zero attached hydrogens (tertiary/aromatic N) is 1. The highest BCUT2D eigenvalue weighted by Crippen LogP contribution is 1.96. The zero-order valence-electron chi connectivity index (χ0n) is 10.3. The standard InChI is InChI=1S/C10H22N2O3S/c1-4-6-7-8-11-10(13)9-12(3)16(14,15)5-2/h4-9H2,1-3H3,(H,11,13). The Balaban J connectivity index is 3.88. The number of rotatable bonds is 8. The Kier molecular flexibility index (Phi) is 7.33. The second-order valence-electron chi connectivity index (χ2n) is 3.71. The first-order chi connectivity index (χ1) is 7.44. The van der Waals surface area contributed by atoms with Gasteiger partial charge >= 0.3 is 0 Å². The van der Waals surface area contributed by atoms with Gasteiger partial charge in [0.05, 0.1) is 12.3 Å². The quantitative estimate of drug-likeness (QED) is 0.641. The predicted octanol–water partition coefficient (Wildman–Crippen LogP) is 0.574. The second-order valence-corrected chi connectivity index (χ2v) is 6.08. The molecule has 0 aliphatic carbocycles. The monoisotopic (exact) mass is 250 g/mol. The molecule has 0 heterocycles. The summed E-state index contributed by atoms with van der Waals surface area (Å²) in [5.74, 6) is -0.220. The first kappa shape index (κ1) is 15.4. The topological polar surface area (TPSA) is 66.5 Å². The van der Waals surface area contributed by atoms with Crippen LogP contribution in [0.2, 0.25) is 0 Å². The van der Waals surface area contributed by atoms with Crippen molar-refractivity contribution in [3.8, 4) is 0 Å². The fraction of sp³-hybridized carbons (Fsp3) is 0.900. The Hall–Kier alpha value is -0.620. The van der Waals surface area contributed by atoms with Gasteiger partial charge in [0.25, 0.3) is 0 Å². The molecule has 0 rings (SSSR count). The SMILES string of the molecule is CCCCCNC(=O)CN(C)S(=O)(=O)CC. The van der Waals surface area contributed by atoms with Crippen LogP contribution in [0.3, 0.4) is 0 Å². The van der Waals surface area contributed by atoms with Crippen molar-refractivity contribution in [3.63, 3.8) is 0 Å². The molecule has 0 aromatic heterocycles. The minimum Gasteiger partial charge on any atom is -0.355 e. The number of hydrogen-bond donors (Lipinski definition) is 1. The van der Waals surface area contributed by atoms with Gasteiger partial charge < -0.3 is 5.32 Å². The maximum absolute atomic E-state index is 11.4. The van der Waals surface area contributed by atoms with Crippen molar-refractivity contribution in [3.05, 3.63) is 0 Å². The molecule has 0 radical (unpaired) electrons. The third-order valence-corrected chi connectivity index (χ3v) is 4.12. The molecular weight excluding hydrogens is 228 g/mol. The Morgan fingerprint density at radius 1 is 1.25 bits per heavy atom. The minimum absolute atomic E-state index is 0.0205. The van der Waals surface area contributed by atoms with E-state index < -0.39 is 10.0 Å². The van der Waals surface area contributed by atoms with E-state index in [9.17, 15) is 13.2 Å². The first-order valence-corrected chi connectivity index (χ1v) is 7.25. The normalized spacial score (nSPS) is 11.8. The number of unbranched alkanes of at least 4 members (excludes halogenated alkanes) is 2. The van der Waals surface area contributed by atoms with Crippen LogP contribution in [-0.2, 0) is 14.8 Å². The number of hydrogen-bond acceptors (Lipinski definition) is 3. The molecule has 0 unspecified atom stereocenters. The summed E-state index contributed by atoms with van der Waals surface area (Å²) in [4.78, 5) is 11.4. The van der Waals surface area contributed by atoms with Crippen LogP contribution in [0.4, 0.5) is 0 Å². The minimum atomic E-state index is -3.26. The molecular formula is C10H22N2O3S. The van der Waals surface area contributed by atoms with E-state index in [2.05, 4.69) is 12.2 Å². The predicted molar refractivity (Wildman–Crippen MR) is 64.6 cm³/mol. The summed E-state index contributed by atoms with van der Waals surface area (Å²) >= 11 is 0. The summed E-state index contributed by atoms with van der Waals surface area (Å²) in [5.41, 5.74) is 0. The molecule has 96 valence electrons. The lowest BCUT2D eigenvalue weighted by atomic mass is 10.2. The van der Waals surface area contributed by atoms with E-state index in [1.165, 1.54) is 7.05 Å². The van der Waals surface area contributed by atoms with E-state index in [1.807, 2.05) is 0 Å². The summed E-state index contributed by atoms with van der Waals surface area (Å²) < 4.78 is 23.8. The van der Waals surface area contributed by atoms with E-state index in [-0.39, 0.29) is 18.2 Å². The summed E-state index contributed by atoms with van der Waals surface area (Å²) in [6.07, 6.45) is 3.11. The number of carbonyl (C=O) groups excluding carboxylic acids is 1. The van der Waals surface area contributed by atoms with E-state index >= 15 is 0 Å². The van der Waals surface area contributed by atoms with Gasteiger partial charge in [-0.2, -0.15) is 4.31 Å². The van der Waals surface area contributed by atoms with Gasteiger partial charge in [0.15, 0.2) is 0 Å². The molecule has 0 aliphatic rings. The molecule has 16 heavy (non-hydrogen) atoms. The molecule has 5 nitrogen and oxygen atoms in total. The van der Waals surface area contributed by atoms with Crippen molar-refractivity contribution < 1.29 is 13.2 Å². The summed E-state index contributed by atoms with van der Waals surface area (Å²) in [7, 11) is -1.83. The van der Waals surface area contributed by atoms with Gasteiger partial charge in [0.1, 0.15) is 0 Å². The molecule has 0 bridgehead atoms. The summed E-state index contributed by atoms with van der Waals surface area (Å²) in [5, 5.41) is 2.70. The molecule has 0 saturated heterocycles. The Morgan fingerprint density at radius 3 is 2.38 bits per heavy atom. The zero-order chi connectivity index (χ0) is 12.6. The Labute approximate surface area is 98.3 Å². The van der Waals surface area contributed by atoms with Crippen LogP contribution >= 0.6 is 0 Å². The van der Waals surface area contributed by atoms with Gasteiger partial charge in [-0.15, -0.1) is 0 Å². The highest BCUT2D eigenvalue weighted by Gasteiger charge is 2.17. The van der Waals surface area contributed by atoms with Crippen molar-refractivity contribution in [2.45, 2.75) is 33.1 Å². The third-order valence-electron chi connectivity index (χ3n) is 2.31. The third kappa shape index (κ3) is 6.07. The number of sulfonamides is 1. The molecule has 0 fully saturated rings. The highest BCUT2D eigenvalue weighted by atomic mass is 32.2. The number of carbonyl (C=O) groups is 1. The molecule has 0 aromatic rings. The van der Waals surface area contributed by atoms with Crippen LogP contribution < -0.4 is 5.32 Å². The lowest BCUT2D eigenvalue weighted by molar-refractivity contribution is -0.121. The van der Waals surface area contributed by atoms with Crippen molar-refractivity contribution in [2.24, 2.45) is 0 Å². The average molecular weight is 250 g/mol. The van der Waals surface area contributed by atoms with Crippen molar-refractivity contribution in [2.75, 3.05) is 25.9 Å². The summed E-state index contributed by atoms with van der Waals surface area (Å²) in [6.45, 7) is 4.17. The van der Waals surface area contributed by atoms with Gasteiger partial charge in [0.2, 0.25) is 15.9 Å². The lowest BCUT2D eigenvalue weighted by Gasteiger charge is -2.15. The maximum atomic E-state index is 11.4. The maximum Gasteiger partial charge on any atom is 0.235 e. The van der Waals surface area contributed by atoms with Crippen molar-refractivity contribution >= 4 is 15.9 Å². The van der Waals surface area contributed by atoms with Crippen LogP contribution in [0.5, 0.6) is 0 Å². The molecule has 1 amide bonds. The number of nitrogens with one attached hydrogen (secondary N) is 1. The summed E-state index contributed by atoms with van der Waals surface area (Å²) in [6, 6.07) is 0. The molecule has 1 N–H and O–H groups in total. The Bertz CT molecular complexity index is 301. The molecule has 0 aliphatic heterocycles. The van der Waals surface area contributed by atoms with E-state index in [0.717, 1.165) is 23.6 Å². The van der Waals surface area contributed by atoms with Crippen LogP contribution in [0, 0.1) is 0 Å². The zero-order valence-corrected chi connectivity index (χ0v) is 11.1. The van der Waals surface area contributed by atoms with E-state index in [4.69, 9.17) is 0 Å². The Morgan fingerprint density at radius 2 is 1.88 bits per heavy atom. The molecule has 6 heteroatoms. The van der Waals surface area contributed by atoms with Crippen LogP contribution in [0.25, 0.3) is 0 Å². The lowest BCUT2D eigenvalue weighted by Crippen LogP contribution is -2.39. The average Bonchev–Trinajstić information content (AvgIpc) is 2.24. The molecule has 0 saturated carbocycles. The van der Waals surface area contributed by atoms with E-state index in [0.29, 0.717) is 6.54 Å². The van der Waals surface area contributed by atoms with Crippen LogP contribution in [0.1, 0.15) is 33.1 Å². The van der Waals surface area contributed by atoms with Crippen molar-refractivity contribution in [1.82, 2.24) is 9.62 Å². The molecule has 0 spiro atoms. The van der Waals surface area contributed by atoms with Gasteiger partial charge in [-0.25, -0.2) is 8.42 Å². The largest absolute Gasteiger partial charge is 0.355 e. The van der Waals surface area contributed by atoms with Gasteiger partial charge in [-0.05, 0) is 13.3 Å². The molecule has 0 aromatic carbocycles. The number of likely N-dealkylation sites (N-methyl/N-ethyl adjacent to an activating group) is 1. The second kappa shape index (κ2) is 7.62. The molecule has 0 atom stereocenters. The first-order valence-electron chi connectivity index (χ1n) is 5.64. The van der Waals surface area contributed by atoms with Gasteiger partial charge in [0, 0.05) is 13.6 Å². The van der Waals surface area contributed by atoms with Crippen LogP contribution in [0.15, 0.2) is 0 Å². The van der Waals surface area contributed by atoms with Gasteiger partial charge in [-0.3, -0.25) is 4.79 Å². The smallest absolute Gasteiger partial charge is 0.235 e. The number of amides is 1. The fourth-order valence-corrected chi connectivity index (χ4v) is 1.93. The highest BCUT2D eigenvalue weighted by molar-refractivity contribution is 7.89.